The number of carbonyl (C=O) groups is 4. The van der Waals surface area contributed by atoms with E-state index < -0.39 is 48.4 Å². The molecular weight excluding hydrogens is 460 g/mol. The van der Waals surface area contributed by atoms with Gasteiger partial charge in [0.15, 0.2) is 0 Å². The van der Waals surface area contributed by atoms with E-state index in [4.69, 9.17) is 5.73 Å². The molecule has 0 saturated heterocycles. The maximum atomic E-state index is 12.8. The smallest absolute Gasteiger partial charge is 0.326 e. The quantitative estimate of drug-likeness (QED) is 0.204. The Bertz CT molecular complexity index is 941. The number of aromatic amines is 1. The molecule has 0 bridgehead atoms. The van der Waals surface area contributed by atoms with Crippen molar-refractivity contribution in [1.29, 1.82) is 0 Å². The molecule has 1 aromatic heterocycles. The first kappa shape index (κ1) is 26.9. The minimum Gasteiger partial charge on any atom is -0.480 e. The molecule has 0 aliphatic heterocycles. The number of nitrogens with zero attached hydrogens (tertiary/aromatic N) is 1. The van der Waals surface area contributed by atoms with Gasteiger partial charge in [-0.2, -0.15) is 11.8 Å². The molecule has 2 rings (SSSR count). The average Bonchev–Trinajstić information content (AvgIpc) is 3.33. The highest BCUT2D eigenvalue weighted by Gasteiger charge is 2.26. The number of aromatic nitrogens is 2. The van der Waals surface area contributed by atoms with Crippen LogP contribution >= 0.6 is 11.8 Å². The van der Waals surface area contributed by atoms with Crippen molar-refractivity contribution in [2.24, 2.45) is 5.73 Å². The lowest BCUT2D eigenvalue weighted by Crippen LogP contribution is -2.54. The predicted octanol–water partition coefficient (Wildman–Crippen LogP) is -0.554. The van der Waals surface area contributed by atoms with Crippen LogP contribution in [0.5, 0.6) is 0 Å². The minimum absolute atomic E-state index is 0.183. The van der Waals surface area contributed by atoms with Crippen molar-refractivity contribution >= 4 is 35.5 Å². The Morgan fingerprint density at radius 2 is 1.82 bits per heavy atom. The Balaban J connectivity index is 1.98. The Morgan fingerprint density at radius 3 is 2.44 bits per heavy atom. The molecule has 0 fully saturated rings. The molecule has 34 heavy (non-hydrogen) atoms. The molecule has 0 radical (unpaired) electrons. The van der Waals surface area contributed by atoms with Crippen LogP contribution < -0.4 is 21.7 Å². The summed E-state index contributed by atoms with van der Waals surface area (Å²) in [5.74, 6) is -2.33. The molecule has 0 aliphatic rings. The number of aliphatic carboxylic acids is 1. The topological polar surface area (TPSA) is 179 Å². The van der Waals surface area contributed by atoms with Crippen molar-refractivity contribution in [2.45, 2.75) is 37.4 Å². The number of carboxylic acid groups (broad SMARTS) is 1. The second-order valence-corrected chi connectivity index (χ2v) is 8.58. The lowest BCUT2D eigenvalue weighted by molar-refractivity contribution is -0.141. The third-order valence-corrected chi connectivity index (χ3v) is 5.56. The van der Waals surface area contributed by atoms with Crippen LogP contribution in [0.1, 0.15) is 17.7 Å². The third kappa shape index (κ3) is 9.24. The summed E-state index contributed by atoms with van der Waals surface area (Å²) in [6.07, 6.45) is 5.53. The standard InChI is InChI=1S/C22H30N6O5S/c1-34-8-7-17(22(32)33)27-19(29)12-25-21(31)18(9-14-5-3-2-4-6-14)28-20(30)16(23)10-15-11-24-13-26-15/h2-6,11,13,16-18H,7-10,12,23H2,1H3,(H,24,26)(H,25,31)(H,27,29)(H,28,30)(H,32,33). The SMILES string of the molecule is CSCCC(NC(=O)CNC(=O)C(Cc1ccccc1)NC(=O)C(N)Cc1cnc[nH]1)C(=O)O. The summed E-state index contributed by atoms with van der Waals surface area (Å²) >= 11 is 1.47. The van der Waals surface area contributed by atoms with Gasteiger partial charge in [-0.3, -0.25) is 14.4 Å². The number of carbonyl (C=O) groups excluding carboxylic acids is 3. The normalized spacial score (nSPS) is 13.4. The summed E-state index contributed by atoms with van der Waals surface area (Å²) in [5.41, 5.74) is 7.46. The molecule has 12 heteroatoms. The molecule has 1 heterocycles. The van der Waals surface area contributed by atoms with Gasteiger partial charge in [-0.15, -0.1) is 0 Å². The van der Waals surface area contributed by atoms with E-state index in [-0.39, 0.29) is 19.3 Å². The molecule has 0 saturated carbocycles. The second-order valence-electron chi connectivity index (χ2n) is 7.60. The number of H-pyrrole nitrogens is 1. The van der Waals surface area contributed by atoms with Crippen LogP contribution in [0.15, 0.2) is 42.9 Å². The zero-order chi connectivity index (χ0) is 24.9. The molecule has 2 aromatic rings. The van der Waals surface area contributed by atoms with Gasteiger partial charge in [-0.1, -0.05) is 30.3 Å². The summed E-state index contributed by atoms with van der Waals surface area (Å²) in [4.78, 5) is 55.7. The van der Waals surface area contributed by atoms with Crippen molar-refractivity contribution in [2.75, 3.05) is 18.6 Å². The summed E-state index contributed by atoms with van der Waals surface area (Å²) in [5, 5.41) is 16.8. The van der Waals surface area contributed by atoms with E-state index in [1.165, 1.54) is 18.1 Å². The number of thioether (sulfide) groups is 1. The van der Waals surface area contributed by atoms with Gasteiger partial charge in [0, 0.05) is 24.7 Å². The molecular formula is C22H30N6O5S. The summed E-state index contributed by atoms with van der Waals surface area (Å²) in [7, 11) is 0. The van der Waals surface area contributed by atoms with E-state index in [0.29, 0.717) is 11.4 Å². The molecule has 3 amide bonds. The van der Waals surface area contributed by atoms with Crippen LogP contribution in [0.2, 0.25) is 0 Å². The van der Waals surface area contributed by atoms with Crippen molar-refractivity contribution in [1.82, 2.24) is 25.9 Å². The van der Waals surface area contributed by atoms with Crippen molar-refractivity contribution < 1.29 is 24.3 Å². The van der Waals surface area contributed by atoms with E-state index >= 15 is 0 Å². The van der Waals surface area contributed by atoms with Crippen molar-refractivity contribution in [3.63, 3.8) is 0 Å². The minimum atomic E-state index is -1.14. The first-order valence-electron chi connectivity index (χ1n) is 10.7. The van der Waals surface area contributed by atoms with Crippen molar-refractivity contribution in [3.8, 4) is 0 Å². The number of carboxylic acids is 1. The number of benzene rings is 1. The maximum absolute atomic E-state index is 12.8. The van der Waals surface area contributed by atoms with Gasteiger partial charge in [-0.05, 0) is 24.0 Å². The van der Waals surface area contributed by atoms with Gasteiger partial charge in [0.2, 0.25) is 17.7 Å². The van der Waals surface area contributed by atoms with Gasteiger partial charge in [-0.25, -0.2) is 9.78 Å². The highest BCUT2D eigenvalue weighted by atomic mass is 32.2. The fourth-order valence-electron chi connectivity index (χ4n) is 3.09. The van der Waals surface area contributed by atoms with Crippen LogP contribution in [0.25, 0.3) is 0 Å². The van der Waals surface area contributed by atoms with Gasteiger partial charge in [0.25, 0.3) is 0 Å². The zero-order valence-corrected chi connectivity index (χ0v) is 19.6. The summed E-state index contributed by atoms with van der Waals surface area (Å²) in [6.45, 7) is -0.427. The Hall–Kier alpha value is -3.38. The lowest BCUT2D eigenvalue weighted by Gasteiger charge is -2.21. The highest BCUT2D eigenvalue weighted by Crippen LogP contribution is 2.05. The molecule has 0 aliphatic carbocycles. The monoisotopic (exact) mass is 490 g/mol. The van der Waals surface area contributed by atoms with Crippen LogP contribution in [0, 0.1) is 0 Å². The largest absolute Gasteiger partial charge is 0.480 e. The zero-order valence-electron chi connectivity index (χ0n) is 18.8. The molecule has 0 spiro atoms. The van der Waals surface area contributed by atoms with Gasteiger partial charge in [0.1, 0.15) is 12.1 Å². The van der Waals surface area contributed by atoms with E-state index in [0.717, 1.165) is 5.56 Å². The number of nitrogens with two attached hydrogens (primary N) is 1. The summed E-state index contributed by atoms with van der Waals surface area (Å²) < 4.78 is 0. The average molecular weight is 491 g/mol. The number of nitrogens with one attached hydrogen (secondary N) is 4. The maximum Gasteiger partial charge on any atom is 0.326 e. The molecule has 11 nitrogen and oxygen atoms in total. The molecule has 3 unspecified atom stereocenters. The Kier molecular flexibility index (Phi) is 11.1. The van der Waals surface area contributed by atoms with E-state index in [1.54, 1.807) is 6.20 Å². The van der Waals surface area contributed by atoms with Crippen LogP contribution in [0.3, 0.4) is 0 Å². The lowest BCUT2D eigenvalue weighted by atomic mass is 10.0. The number of amides is 3. The van der Waals surface area contributed by atoms with E-state index in [2.05, 4.69) is 25.9 Å². The third-order valence-electron chi connectivity index (χ3n) is 4.91. The number of hydrogen-bond acceptors (Lipinski definition) is 7. The van der Waals surface area contributed by atoms with Crippen LogP contribution in [-0.2, 0) is 32.0 Å². The van der Waals surface area contributed by atoms with Gasteiger partial charge in [0.05, 0.1) is 18.9 Å². The van der Waals surface area contributed by atoms with E-state index in [9.17, 15) is 24.3 Å². The fourth-order valence-corrected chi connectivity index (χ4v) is 3.56. The van der Waals surface area contributed by atoms with E-state index in [1.807, 2.05) is 36.6 Å². The number of rotatable bonds is 14. The second kappa shape index (κ2) is 14.0. The summed E-state index contributed by atoms with van der Waals surface area (Å²) in [6, 6.07) is 6.13. The number of hydrogen-bond donors (Lipinski definition) is 6. The molecule has 184 valence electrons. The van der Waals surface area contributed by atoms with Crippen LogP contribution in [-0.4, -0.2) is 75.4 Å². The highest BCUT2D eigenvalue weighted by molar-refractivity contribution is 7.98. The predicted molar refractivity (Wildman–Crippen MR) is 128 cm³/mol. The number of imidazole rings is 1. The molecule has 3 atom stereocenters. The van der Waals surface area contributed by atoms with Gasteiger partial charge < -0.3 is 31.8 Å². The first-order chi connectivity index (χ1) is 16.3. The Labute approximate surface area is 201 Å². The molecule has 7 N–H and O–H groups in total. The first-order valence-corrected chi connectivity index (χ1v) is 12.1. The Morgan fingerprint density at radius 1 is 1.09 bits per heavy atom. The van der Waals surface area contributed by atoms with Gasteiger partial charge >= 0.3 is 5.97 Å². The van der Waals surface area contributed by atoms with Crippen LogP contribution in [0.4, 0.5) is 0 Å². The molecule has 1 aromatic carbocycles. The van der Waals surface area contributed by atoms with Crippen molar-refractivity contribution in [3.05, 3.63) is 54.1 Å². The fraction of sp³-hybridized carbons (Fsp3) is 0.409.